The molecule has 70 heavy (non-hydrogen) atoms. The first kappa shape index (κ1) is 38.7. The van der Waals surface area contributed by atoms with E-state index in [-0.39, 0.29) is 0 Å². The Bertz CT molecular complexity index is 4170. The van der Waals surface area contributed by atoms with Gasteiger partial charge in [0.25, 0.3) is 0 Å². The number of aromatic nitrogens is 2. The summed E-state index contributed by atoms with van der Waals surface area (Å²) in [6, 6.07) is 93.2. The smallest absolute Gasteiger partial charge is 0.0641 e. The predicted octanol–water partition coefficient (Wildman–Crippen LogP) is 18.3. The van der Waals surface area contributed by atoms with Gasteiger partial charge in [-0.15, -0.1) is 0 Å². The van der Waals surface area contributed by atoms with Crippen LogP contribution in [-0.4, -0.2) is 8.80 Å². The van der Waals surface area contributed by atoms with Gasteiger partial charge in [-0.3, -0.25) is 0 Å². The molecule has 0 atom stereocenters. The zero-order valence-electron chi connectivity index (χ0n) is 38.0. The second kappa shape index (κ2) is 15.1. The molecule has 0 aliphatic carbocycles. The van der Waals surface area contributed by atoms with Crippen LogP contribution in [0.5, 0.6) is 0 Å². The van der Waals surface area contributed by atoms with Crippen molar-refractivity contribution in [1.82, 2.24) is 8.80 Å². The molecule has 0 aliphatic heterocycles. The Morgan fingerprint density at radius 3 is 1.01 bits per heavy atom. The second-order valence-electron chi connectivity index (χ2n) is 18.5. The number of rotatable bonds is 8. The molecular weight excluding hydrogens is 849 g/mol. The standard InChI is InChI=1S/C66H42N4/c1-5-19-43(20-6-1)45-23-17-29-49(39-45)67(47-25-9-3-10-26-47)59-37-35-51-55-41-62-56(42-61(55)69-57-33-15-13-31-53(57)63(59)65(51)69)52-36-38-60(64-54-32-14-16-34-58(54)70(62)66(52)64)68(48-27-11-4-12-28-48)50-30-18-24-46(40-50)44-21-7-2-8-22-44/h1-42H. The summed E-state index contributed by atoms with van der Waals surface area (Å²) >= 11 is 0. The minimum atomic E-state index is 1.11. The molecule has 4 aromatic heterocycles. The van der Waals surface area contributed by atoms with Crippen molar-refractivity contribution in [2.45, 2.75) is 0 Å². The van der Waals surface area contributed by atoms with Gasteiger partial charge in [-0.05, 0) is 107 Å². The van der Waals surface area contributed by atoms with E-state index in [0.29, 0.717) is 0 Å². The molecule has 4 nitrogen and oxygen atoms in total. The molecule has 15 aromatic rings. The van der Waals surface area contributed by atoms with Crippen LogP contribution in [0.15, 0.2) is 255 Å². The molecule has 0 bridgehead atoms. The molecule has 15 rings (SSSR count). The van der Waals surface area contributed by atoms with Gasteiger partial charge < -0.3 is 18.6 Å². The SMILES string of the molecule is c1ccc(-c2cccc(N(c3ccccc3)c3ccc4c5cc6c(cc5n5c7ccccc7c3c45)c3ccc(N(c4ccccc4)c4cccc(-c5ccccc5)c4)c4c5ccccc5n6c34)c2)cc1. The van der Waals surface area contributed by atoms with Crippen LogP contribution >= 0.6 is 0 Å². The van der Waals surface area contributed by atoms with Crippen LogP contribution in [0.2, 0.25) is 0 Å². The van der Waals surface area contributed by atoms with Crippen molar-refractivity contribution in [3.8, 4) is 22.3 Å². The topological polar surface area (TPSA) is 15.3 Å². The minimum absolute atomic E-state index is 1.11. The van der Waals surface area contributed by atoms with Crippen molar-refractivity contribution in [3.05, 3.63) is 255 Å². The molecule has 0 unspecified atom stereocenters. The van der Waals surface area contributed by atoms with Crippen LogP contribution < -0.4 is 9.80 Å². The predicted molar refractivity (Wildman–Crippen MR) is 296 cm³/mol. The fourth-order valence-corrected chi connectivity index (χ4v) is 11.8. The molecule has 0 radical (unpaired) electrons. The Labute approximate surface area is 404 Å². The molecule has 0 aliphatic rings. The maximum Gasteiger partial charge on any atom is 0.0641 e. The average molecular weight is 891 g/mol. The molecule has 0 amide bonds. The van der Waals surface area contributed by atoms with Crippen LogP contribution in [0.3, 0.4) is 0 Å². The van der Waals surface area contributed by atoms with E-state index in [9.17, 15) is 0 Å². The molecule has 4 heterocycles. The second-order valence-corrected chi connectivity index (χ2v) is 18.5. The lowest BCUT2D eigenvalue weighted by atomic mass is 10.0. The van der Waals surface area contributed by atoms with E-state index in [1.807, 2.05) is 0 Å². The number of hydrogen-bond acceptors (Lipinski definition) is 2. The maximum atomic E-state index is 2.54. The van der Waals surface area contributed by atoms with Gasteiger partial charge in [0.1, 0.15) is 0 Å². The molecule has 0 fully saturated rings. The number of benzene rings is 11. The van der Waals surface area contributed by atoms with Crippen LogP contribution in [0, 0.1) is 0 Å². The van der Waals surface area contributed by atoms with Crippen LogP contribution in [0.1, 0.15) is 0 Å². The molecule has 326 valence electrons. The summed E-state index contributed by atoms with van der Waals surface area (Å²) in [6.07, 6.45) is 0. The molecule has 0 spiro atoms. The Morgan fingerprint density at radius 2 is 0.586 bits per heavy atom. The summed E-state index contributed by atoms with van der Waals surface area (Å²) in [4.78, 5) is 4.89. The van der Waals surface area contributed by atoms with Crippen LogP contribution in [-0.2, 0) is 0 Å². The highest BCUT2D eigenvalue weighted by atomic mass is 15.2. The molecule has 0 saturated carbocycles. The molecule has 0 saturated heterocycles. The highest BCUT2D eigenvalue weighted by Crippen LogP contribution is 2.51. The monoisotopic (exact) mass is 890 g/mol. The highest BCUT2D eigenvalue weighted by molar-refractivity contribution is 6.32. The van der Waals surface area contributed by atoms with Crippen LogP contribution in [0.4, 0.5) is 34.1 Å². The first-order valence-electron chi connectivity index (χ1n) is 24.1. The number of hydrogen-bond donors (Lipinski definition) is 0. The van der Waals surface area contributed by atoms with Gasteiger partial charge in [0, 0.05) is 65.8 Å². The minimum Gasteiger partial charge on any atom is -0.310 e. The van der Waals surface area contributed by atoms with E-state index in [2.05, 4.69) is 273 Å². The molecule has 0 N–H and O–H groups in total. The van der Waals surface area contributed by atoms with E-state index in [1.54, 1.807) is 0 Å². The van der Waals surface area contributed by atoms with Gasteiger partial charge >= 0.3 is 0 Å². The van der Waals surface area contributed by atoms with Crippen molar-refractivity contribution in [2.75, 3.05) is 9.80 Å². The lowest BCUT2D eigenvalue weighted by molar-refractivity contribution is 1.30. The van der Waals surface area contributed by atoms with Crippen LogP contribution in [0.25, 0.3) is 98.4 Å². The summed E-state index contributed by atoms with van der Waals surface area (Å²) in [5, 5.41) is 9.95. The lowest BCUT2D eigenvalue weighted by Gasteiger charge is -2.27. The van der Waals surface area contributed by atoms with Crippen molar-refractivity contribution in [3.63, 3.8) is 0 Å². The number of fused-ring (bicyclic) bond motifs is 12. The quantitative estimate of drug-likeness (QED) is 0.151. The molecule has 4 heteroatoms. The molecule has 11 aromatic carbocycles. The third-order valence-electron chi connectivity index (χ3n) is 14.7. The fraction of sp³-hybridized carbons (Fsp3) is 0. The first-order chi connectivity index (χ1) is 34.8. The van der Waals surface area contributed by atoms with Gasteiger partial charge in [-0.25, -0.2) is 0 Å². The third kappa shape index (κ3) is 5.59. The summed E-state index contributed by atoms with van der Waals surface area (Å²) in [6.45, 7) is 0. The van der Waals surface area contributed by atoms with Gasteiger partial charge in [0.2, 0.25) is 0 Å². The van der Waals surface area contributed by atoms with Gasteiger partial charge in [-0.1, -0.05) is 170 Å². The van der Waals surface area contributed by atoms with E-state index in [0.717, 1.165) is 34.1 Å². The summed E-state index contributed by atoms with van der Waals surface area (Å²) < 4.78 is 5.08. The van der Waals surface area contributed by atoms with Gasteiger partial charge in [-0.2, -0.15) is 0 Å². The average Bonchev–Trinajstić information content (AvgIpc) is 4.16. The van der Waals surface area contributed by atoms with E-state index in [4.69, 9.17) is 0 Å². The van der Waals surface area contributed by atoms with Crippen molar-refractivity contribution >= 4 is 110 Å². The number of anilines is 6. The Hall–Kier alpha value is -9.38. The Morgan fingerprint density at radius 1 is 0.229 bits per heavy atom. The third-order valence-corrected chi connectivity index (χ3v) is 14.7. The van der Waals surface area contributed by atoms with E-state index >= 15 is 0 Å². The molecular formula is C66H42N4. The highest BCUT2D eigenvalue weighted by Gasteiger charge is 2.28. The number of nitrogens with zero attached hydrogens (tertiary/aromatic N) is 4. The summed E-state index contributed by atoms with van der Waals surface area (Å²) in [7, 11) is 0. The van der Waals surface area contributed by atoms with Gasteiger partial charge in [0.05, 0.1) is 44.5 Å². The van der Waals surface area contributed by atoms with E-state index < -0.39 is 0 Å². The van der Waals surface area contributed by atoms with E-state index in [1.165, 1.54) is 98.4 Å². The summed E-state index contributed by atoms with van der Waals surface area (Å²) in [5.41, 5.74) is 18.8. The summed E-state index contributed by atoms with van der Waals surface area (Å²) in [5.74, 6) is 0. The lowest BCUT2D eigenvalue weighted by Crippen LogP contribution is -2.10. The first-order valence-corrected chi connectivity index (χ1v) is 24.1. The van der Waals surface area contributed by atoms with Crippen molar-refractivity contribution < 1.29 is 0 Å². The zero-order chi connectivity index (χ0) is 45.9. The normalized spacial score (nSPS) is 12.0. The number of para-hydroxylation sites is 4. The van der Waals surface area contributed by atoms with Crippen molar-refractivity contribution in [1.29, 1.82) is 0 Å². The maximum absolute atomic E-state index is 2.54. The van der Waals surface area contributed by atoms with Crippen molar-refractivity contribution in [2.24, 2.45) is 0 Å². The zero-order valence-corrected chi connectivity index (χ0v) is 38.0. The fourth-order valence-electron chi connectivity index (χ4n) is 11.8. The Kier molecular flexibility index (Phi) is 8.33. The largest absolute Gasteiger partial charge is 0.310 e. The van der Waals surface area contributed by atoms with Gasteiger partial charge in [0.15, 0.2) is 0 Å². The Balaban J connectivity index is 0.990.